The molecule has 1 aromatic carbocycles. The number of carbonyl (C=O) groups excluding carboxylic acids is 1. The molecule has 12 heteroatoms. The van der Waals surface area contributed by atoms with Crippen molar-refractivity contribution < 1.29 is 40.4 Å². The van der Waals surface area contributed by atoms with Crippen LogP contribution in [0.15, 0.2) is 0 Å². The molecule has 0 heterocycles. The van der Waals surface area contributed by atoms with E-state index in [2.05, 4.69) is 5.32 Å². The minimum atomic E-state index is -3.21. The van der Waals surface area contributed by atoms with Gasteiger partial charge in [-0.15, -0.1) is 0 Å². The van der Waals surface area contributed by atoms with Crippen molar-refractivity contribution in [2.24, 2.45) is 0 Å². The summed E-state index contributed by atoms with van der Waals surface area (Å²) in [5, 5.41) is 3.77. The number of nitrogens with one attached hydrogen (secondary N) is 2. The lowest BCUT2D eigenvalue weighted by molar-refractivity contribution is 0.150. The van der Waals surface area contributed by atoms with E-state index >= 15 is 0 Å². The highest BCUT2D eigenvalue weighted by molar-refractivity contribution is 6.59. The number of urea groups is 1. The van der Waals surface area contributed by atoms with Gasteiger partial charge in [-0.05, 0) is 12.8 Å². The second-order valence-corrected chi connectivity index (χ2v) is 7.65. The van der Waals surface area contributed by atoms with Gasteiger partial charge in [0.1, 0.15) is 5.69 Å². The summed E-state index contributed by atoms with van der Waals surface area (Å²) in [6.07, 6.45) is 0.764. The number of rotatable bonds is 8. The van der Waals surface area contributed by atoms with E-state index in [0.717, 1.165) is 0 Å². The lowest BCUT2D eigenvalue weighted by Gasteiger charge is -2.19. The Labute approximate surface area is 141 Å². The molecule has 0 saturated heterocycles. The molecule has 0 atom stereocenters. The average molecular weight is 388 g/mol. The van der Waals surface area contributed by atoms with Crippen LogP contribution in [-0.4, -0.2) is 40.4 Å². The Bertz CT molecular complexity index is 602. The molecule has 25 heavy (non-hydrogen) atoms. The standard InChI is InChI=1S/C13H17F5N2O4Si/c1-23-25(22,24-2)6-4-3-5-19-13(21)20-12-10(17)8(15)7(14)9(16)11(12)18/h22H,3-6H2,1-2H3,(H2,19,20,21). The van der Waals surface area contributed by atoms with Crippen LogP contribution >= 0.6 is 0 Å². The van der Waals surface area contributed by atoms with Gasteiger partial charge in [0.25, 0.3) is 0 Å². The van der Waals surface area contributed by atoms with Gasteiger partial charge in [0.15, 0.2) is 23.3 Å². The number of anilines is 1. The fraction of sp³-hybridized carbons (Fsp3) is 0.462. The van der Waals surface area contributed by atoms with E-state index < -0.39 is 49.6 Å². The summed E-state index contributed by atoms with van der Waals surface area (Å²) < 4.78 is 75.4. The van der Waals surface area contributed by atoms with Crippen molar-refractivity contribution in [1.29, 1.82) is 0 Å². The molecular weight excluding hydrogens is 371 g/mol. The molecule has 0 aromatic heterocycles. The predicted molar refractivity (Wildman–Crippen MR) is 79.3 cm³/mol. The number of hydrogen-bond acceptors (Lipinski definition) is 4. The quantitative estimate of drug-likeness (QED) is 0.210. The highest BCUT2D eigenvalue weighted by Gasteiger charge is 2.33. The highest BCUT2D eigenvalue weighted by atomic mass is 28.4. The van der Waals surface area contributed by atoms with Gasteiger partial charge in [-0.3, -0.25) is 0 Å². The second-order valence-electron chi connectivity index (χ2n) is 4.90. The van der Waals surface area contributed by atoms with Crippen LogP contribution in [0.2, 0.25) is 6.04 Å². The maximum atomic E-state index is 13.4. The Morgan fingerprint density at radius 2 is 1.44 bits per heavy atom. The third-order valence-electron chi connectivity index (χ3n) is 3.29. The zero-order valence-corrected chi connectivity index (χ0v) is 14.4. The van der Waals surface area contributed by atoms with Gasteiger partial charge in [0.2, 0.25) is 5.82 Å². The first kappa shape index (κ1) is 21.3. The monoisotopic (exact) mass is 388 g/mol. The SMILES string of the molecule is CO[Si](O)(CCCCNC(=O)Nc1c(F)c(F)c(F)c(F)c1F)OC. The van der Waals surface area contributed by atoms with Crippen molar-refractivity contribution in [2.45, 2.75) is 18.9 Å². The zero-order chi connectivity index (χ0) is 19.2. The smallest absolute Gasteiger partial charge is 0.390 e. The van der Waals surface area contributed by atoms with E-state index in [-0.39, 0.29) is 12.6 Å². The van der Waals surface area contributed by atoms with Crippen LogP contribution in [0.5, 0.6) is 0 Å². The van der Waals surface area contributed by atoms with Crippen molar-refractivity contribution in [3.05, 3.63) is 29.1 Å². The second kappa shape index (κ2) is 9.08. The normalized spacial score (nSPS) is 11.5. The van der Waals surface area contributed by atoms with Crippen molar-refractivity contribution >= 4 is 20.5 Å². The number of halogens is 5. The Morgan fingerprint density at radius 3 is 1.92 bits per heavy atom. The molecule has 142 valence electrons. The fourth-order valence-corrected chi connectivity index (χ4v) is 3.11. The van der Waals surface area contributed by atoms with Crippen molar-refractivity contribution in [2.75, 3.05) is 26.1 Å². The third-order valence-corrected chi connectivity index (χ3v) is 5.55. The molecule has 0 bridgehead atoms. The summed E-state index contributed by atoms with van der Waals surface area (Å²) in [5.74, 6) is -10.9. The summed E-state index contributed by atoms with van der Waals surface area (Å²) in [4.78, 5) is 21.3. The Morgan fingerprint density at radius 1 is 0.960 bits per heavy atom. The average Bonchev–Trinajstić information content (AvgIpc) is 2.61. The van der Waals surface area contributed by atoms with Crippen LogP contribution in [-0.2, 0) is 8.85 Å². The Kier molecular flexibility index (Phi) is 7.73. The van der Waals surface area contributed by atoms with Crippen LogP contribution in [0.25, 0.3) is 0 Å². The number of unbranched alkanes of at least 4 members (excludes halogenated alkanes) is 1. The number of carbonyl (C=O) groups is 1. The molecule has 1 aromatic rings. The largest absolute Gasteiger partial charge is 0.497 e. The van der Waals surface area contributed by atoms with Gasteiger partial charge in [0.05, 0.1) is 0 Å². The molecule has 0 saturated carbocycles. The van der Waals surface area contributed by atoms with Crippen LogP contribution in [0.4, 0.5) is 32.4 Å². The first-order valence-electron chi connectivity index (χ1n) is 7.05. The molecule has 0 unspecified atom stereocenters. The first-order valence-corrected chi connectivity index (χ1v) is 9.03. The van der Waals surface area contributed by atoms with Gasteiger partial charge >= 0.3 is 14.8 Å². The molecule has 1 rings (SSSR count). The van der Waals surface area contributed by atoms with Crippen LogP contribution in [0, 0.1) is 29.1 Å². The van der Waals surface area contributed by atoms with Gasteiger partial charge < -0.3 is 24.3 Å². The molecule has 0 aliphatic rings. The molecule has 2 amide bonds. The molecule has 0 radical (unpaired) electrons. The third kappa shape index (κ3) is 5.36. The predicted octanol–water partition coefficient (Wildman–Crippen LogP) is 2.51. The molecule has 0 aliphatic carbocycles. The lowest BCUT2D eigenvalue weighted by Crippen LogP contribution is -2.40. The van der Waals surface area contributed by atoms with Crippen molar-refractivity contribution in [3.8, 4) is 0 Å². The topological polar surface area (TPSA) is 79.8 Å². The van der Waals surface area contributed by atoms with Gasteiger partial charge in [-0.2, -0.15) is 0 Å². The number of benzene rings is 1. The summed E-state index contributed by atoms with van der Waals surface area (Å²) in [7, 11) is -0.621. The zero-order valence-electron chi connectivity index (χ0n) is 13.4. The van der Waals surface area contributed by atoms with Crippen molar-refractivity contribution in [1.82, 2.24) is 5.32 Å². The van der Waals surface area contributed by atoms with Gasteiger partial charge in [0, 0.05) is 26.8 Å². The summed E-state index contributed by atoms with van der Waals surface area (Å²) >= 11 is 0. The van der Waals surface area contributed by atoms with E-state index in [9.17, 15) is 31.5 Å². The van der Waals surface area contributed by atoms with Crippen LogP contribution < -0.4 is 10.6 Å². The highest BCUT2D eigenvalue weighted by Crippen LogP contribution is 2.26. The maximum Gasteiger partial charge on any atom is 0.497 e. The summed E-state index contributed by atoms with van der Waals surface area (Å²) in [6.45, 7) is 0.0269. The minimum absolute atomic E-state index is 0.0269. The molecule has 0 spiro atoms. The molecule has 0 aliphatic heterocycles. The first-order chi connectivity index (χ1) is 11.7. The number of hydrogen-bond donors (Lipinski definition) is 3. The summed E-state index contributed by atoms with van der Waals surface area (Å²) in [5.41, 5.74) is -1.44. The summed E-state index contributed by atoms with van der Waals surface area (Å²) in [6, 6.07) is -0.921. The minimum Gasteiger partial charge on any atom is -0.390 e. The fourth-order valence-electron chi connectivity index (χ4n) is 1.84. The molecule has 6 nitrogen and oxygen atoms in total. The molecule has 0 fully saturated rings. The Balaban J connectivity index is 2.54. The van der Waals surface area contributed by atoms with Gasteiger partial charge in [-0.25, -0.2) is 26.7 Å². The van der Waals surface area contributed by atoms with E-state index in [4.69, 9.17) is 8.85 Å². The Hall–Kier alpha value is -1.76. The van der Waals surface area contributed by atoms with E-state index in [0.29, 0.717) is 12.8 Å². The van der Waals surface area contributed by atoms with Crippen LogP contribution in [0.1, 0.15) is 12.8 Å². The molecule has 3 N–H and O–H groups in total. The van der Waals surface area contributed by atoms with E-state index in [1.54, 1.807) is 5.32 Å². The maximum absolute atomic E-state index is 13.4. The lowest BCUT2D eigenvalue weighted by atomic mass is 10.2. The van der Waals surface area contributed by atoms with Crippen molar-refractivity contribution in [3.63, 3.8) is 0 Å². The van der Waals surface area contributed by atoms with E-state index in [1.807, 2.05) is 0 Å². The number of amides is 2. The molecular formula is C13H17F5N2O4Si. The van der Waals surface area contributed by atoms with E-state index in [1.165, 1.54) is 14.2 Å². The van der Waals surface area contributed by atoms with Gasteiger partial charge in [-0.1, -0.05) is 0 Å². The van der Waals surface area contributed by atoms with Crippen LogP contribution in [0.3, 0.4) is 0 Å².